The summed E-state index contributed by atoms with van der Waals surface area (Å²) in [6, 6.07) is 10.8. The molecule has 1 aromatic carbocycles. The van der Waals surface area contributed by atoms with Gasteiger partial charge in [0.05, 0.1) is 12.2 Å². The van der Waals surface area contributed by atoms with E-state index < -0.39 is 0 Å². The lowest BCUT2D eigenvalue weighted by Crippen LogP contribution is -2.39. The molecule has 6 nitrogen and oxygen atoms in total. The normalized spacial score (nSPS) is 10.1. The van der Waals surface area contributed by atoms with Crippen molar-refractivity contribution in [3.05, 3.63) is 59.9 Å². The van der Waals surface area contributed by atoms with E-state index in [0.717, 1.165) is 5.56 Å². The molecule has 7 heteroatoms. The zero-order chi connectivity index (χ0) is 17.9. The number of carbonyl (C=O) groups is 1. The third-order valence-corrected chi connectivity index (χ3v) is 3.47. The number of carbonyl (C=O) groups excluding carboxylic acids is 1. The molecule has 0 bridgehead atoms. The van der Waals surface area contributed by atoms with Crippen molar-refractivity contribution < 1.29 is 14.3 Å². The molecule has 0 saturated carbocycles. The number of hydrogen-bond acceptors (Lipinski definition) is 5. The molecule has 0 unspecified atom stereocenters. The average molecular weight is 359 g/mol. The van der Waals surface area contributed by atoms with E-state index >= 15 is 0 Å². The molecule has 0 fully saturated rings. The first kappa shape index (κ1) is 18.8. The van der Waals surface area contributed by atoms with Gasteiger partial charge in [0.2, 0.25) is 0 Å². The van der Waals surface area contributed by atoms with Gasteiger partial charge in [-0.1, -0.05) is 18.2 Å². The van der Waals surface area contributed by atoms with Gasteiger partial charge < -0.3 is 14.8 Å². The van der Waals surface area contributed by atoms with Crippen LogP contribution in [0, 0.1) is 0 Å². The van der Waals surface area contributed by atoms with Crippen molar-refractivity contribution in [2.24, 2.45) is 0 Å². The van der Waals surface area contributed by atoms with Crippen LogP contribution in [-0.2, 0) is 11.3 Å². The number of nitrogens with zero attached hydrogens (tertiary/aromatic N) is 1. The summed E-state index contributed by atoms with van der Waals surface area (Å²) in [6.45, 7) is 3.88. The molecule has 1 heterocycles. The lowest BCUT2D eigenvalue weighted by molar-refractivity contribution is 0.0957. The Hall–Kier alpha value is -2.51. The van der Waals surface area contributed by atoms with Gasteiger partial charge in [-0.15, -0.1) is 0 Å². The van der Waals surface area contributed by atoms with Crippen LogP contribution in [-0.4, -0.2) is 35.8 Å². The fourth-order valence-electron chi connectivity index (χ4n) is 2.03. The highest BCUT2D eigenvalue weighted by Crippen LogP contribution is 2.17. The van der Waals surface area contributed by atoms with Crippen molar-refractivity contribution in [3.8, 4) is 5.75 Å². The van der Waals surface area contributed by atoms with E-state index in [2.05, 4.69) is 15.6 Å². The van der Waals surface area contributed by atoms with Crippen LogP contribution in [0.2, 0.25) is 0 Å². The maximum Gasteiger partial charge on any atom is 0.261 e. The second-order valence-corrected chi connectivity index (χ2v) is 5.45. The molecular weight excluding hydrogens is 338 g/mol. The van der Waals surface area contributed by atoms with Crippen LogP contribution >= 0.6 is 12.2 Å². The highest BCUT2D eigenvalue weighted by atomic mass is 32.1. The summed E-state index contributed by atoms with van der Waals surface area (Å²) in [4.78, 5) is 16.4. The van der Waals surface area contributed by atoms with Gasteiger partial charge in [-0.05, 0) is 42.9 Å². The first-order valence-electron chi connectivity index (χ1n) is 7.98. The molecule has 1 aromatic heterocycles. The van der Waals surface area contributed by atoms with Gasteiger partial charge in [0.15, 0.2) is 5.11 Å². The van der Waals surface area contributed by atoms with E-state index in [1.807, 2.05) is 25.1 Å². The van der Waals surface area contributed by atoms with E-state index in [1.165, 1.54) is 0 Å². The predicted octanol–water partition coefficient (Wildman–Crippen LogP) is 2.30. The first-order chi connectivity index (χ1) is 12.2. The summed E-state index contributed by atoms with van der Waals surface area (Å²) in [5, 5.41) is 5.88. The number of aromatic nitrogens is 1. The highest BCUT2D eigenvalue weighted by Gasteiger charge is 2.13. The highest BCUT2D eigenvalue weighted by molar-refractivity contribution is 7.80. The maximum absolute atomic E-state index is 12.4. The Morgan fingerprint density at radius 3 is 2.80 bits per heavy atom. The van der Waals surface area contributed by atoms with Crippen LogP contribution in [0.25, 0.3) is 0 Å². The third-order valence-electron chi connectivity index (χ3n) is 3.22. The van der Waals surface area contributed by atoms with Gasteiger partial charge in [0.1, 0.15) is 12.4 Å². The summed E-state index contributed by atoms with van der Waals surface area (Å²) >= 11 is 5.17. The first-order valence-corrected chi connectivity index (χ1v) is 8.39. The molecule has 2 rings (SSSR count). The Bertz CT molecular complexity index is 695. The molecule has 1 amide bonds. The van der Waals surface area contributed by atoms with E-state index in [4.69, 9.17) is 21.7 Å². The quantitative estimate of drug-likeness (QED) is 0.557. The third kappa shape index (κ3) is 6.48. The Labute approximate surface area is 152 Å². The van der Waals surface area contributed by atoms with Crippen molar-refractivity contribution >= 4 is 23.2 Å². The zero-order valence-electron chi connectivity index (χ0n) is 14.0. The summed E-state index contributed by atoms with van der Waals surface area (Å²) < 4.78 is 10.8. The minimum Gasteiger partial charge on any atom is -0.490 e. The molecule has 2 aromatic rings. The second-order valence-electron chi connectivity index (χ2n) is 5.04. The number of benzene rings is 1. The van der Waals surface area contributed by atoms with E-state index in [1.54, 1.807) is 30.6 Å². The summed E-state index contributed by atoms with van der Waals surface area (Å²) in [6.07, 6.45) is 3.44. The van der Waals surface area contributed by atoms with Crippen LogP contribution in [0.4, 0.5) is 0 Å². The molecule has 0 aliphatic heterocycles. The Morgan fingerprint density at radius 1 is 1.20 bits per heavy atom. The molecule has 0 spiro atoms. The number of rotatable bonds is 8. The molecular formula is C18H21N3O3S. The van der Waals surface area contributed by atoms with Crippen molar-refractivity contribution in [1.29, 1.82) is 0 Å². The van der Waals surface area contributed by atoms with Crippen LogP contribution < -0.4 is 15.4 Å². The van der Waals surface area contributed by atoms with Crippen molar-refractivity contribution in [2.45, 2.75) is 13.5 Å². The smallest absolute Gasteiger partial charge is 0.261 e. The van der Waals surface area contributed by atoms with Crippen molar-refractivity contribution in [3.63, 3.8) is 0 Å². The van der Waals surface area contributed by atoms with Gasteiger partial charge in [0.25, 0.3) is 5.91 Å². The molecule has 25 heavy (non-hydrogen) atoms. The number of para-hydroxylation sites is 1. The molecule has 2 N–H and O–H groups in total. The lowest BCUT2D eigenvalue weighted by atomic mass is 10.2. The largest absolute Gasteiger partial charge is 0.490 e. The zero-order valence-corrected chi connectivity index (χ0v) is 14.8. The van der Waals surface area contributed by atoms with Crippen LogP contribution in [0.1, 0.15) is 22.8 Å². The Balaban J connectivity index is 1.88. The Morgan fingerprint density at radius 2 is 2.04 bits per heavy atom. The molecule has 0 atom stereocenters. The van der Waals surface area contributed by atoms with Crippen molar-refractivity contribution in [2.75, 3.05) is 19.8 Å². The predicted molar refractivity (Wildman–Crippen MR) is 99.6 cm³/mol. The number of ether oxygens (including phenoxy) is 2. The molecule has 132 valence electrons. The van der Waals surface area contributed by atoms with Gasteiger partial charge in [-0.2, -0.15) is 0 Å². The molecule has 0 aliphatic rings. The molecule has 0 radical (unpaired) electrons. The summed E-state index contributed by atoms with van der Waals surface area (Å²) in [5.74, 6) is 0.172. The van der Waals surface area contributed by atoms with E-state index in [-0.39, 0.29) is 11.0 Å². The van der Waals surface area contributed by atoms with Crippen molar-refractivity contribution in [1.82, 2.24) is 15.6 Å². The van der Waals surface area contributed by atoms with Crippen LogP contribution in [0.3, 0.4) is 0 Å². The van der Waals surface area contributed by atoms with Gasteiger partial charge in [-0.25, -0.2) is 0 Å². The van der Waals surface area contributed by atoms with Crippen LogP contribution in [0.15, 0.2) is 48.8 Å². The topological polar surface area (TPSA) is 72.5 Å². The Kier molecular flexibility index (Phi) is 7.81. The van der Waals surface area contributed by atoms with Crippen LogP contribution in [0.5, 0.6) is 5.75 Å². The molecule has 0 aliphatic carbocycles. The number of thiocarbonyl (C=S) groups is 1. The summed E-state index contributed by atoms with van der Waals surface area (Å²) in [7, 11) is 0. The molecule has 0 saturated heterocycles. The number of amides is 1. The fourth-order valence-corrected chi connectivity index (χ4v) is 2.20. The average Bonchev–Trinajstić information content (AvgIpc) is 2.65. The number of nitrogens with one attached hydrogen (secondary N) is 2. The maximum atomic E-state index is 12.4. The van der Waals surface area contributed by atoms with Gasteiger partial charge in [-0.3, -0.25) is 15.1 Å². The van der Waals surface area contributed by atoms with E-state index in [0.29, 0.717) is 37.7 Å². The fraction of sp³-hybridized carbons (Fsp3) is 0.278. The number of hydrogen-bond donors (Lipinski definition) is 2. The van der Waals surface area contributed by atoms with E-state index in [9.17, 15) is 4.79 Å². The second kappa shape index (κ2) is 10.4. The minimum absolute atomic E-state index is 0.248. The summed E-state index contributed by atoms with van der Waals surface area (Å²) in [5.41, 5.74) is 1.39. The standard InChI is InChI=1S/C18H21N3O3S/c1-2-23-10-11-24-16-8-4-3-7-15(16)17(22)21-18(25)20-13-14-6-5-9-19-12-14/h3-9,12H,2,10-11,13H2,1H3,(H2,20,21,22,25). The van der Waals surface area contributed by atoms with Gasteiger partial charge >= 0.3 is 0 Å². The van der Waals surface area contributed by atoms with Gasteiger partial charge in [0, 0.05) is 25.5 Å². The SMILES string of the molecule is CCOCCOc1ccccc1C(=O)NC(=S)NCc1cccnc1. The number of pyridine rings is 1. The lowest BCUT2D eigenvalue weighted by Gasteiger charge is -2.13. The monoisotopic (exact) mass is 359 g/mol. The minimum atomic E-state index is -0.323.